The number of aromatic nitrogens is 1. The second-order valence-corrected chi connectivity index (χ2v) is 8.89. The molecule has 5 rings (SSSR count). The molecule has 3 aliphatic rings. The van der Waals surface area contributed by atoms with Crippen molar-refractivity contribution < 1.29 is 27.2 Å². The second-order valence-electron chi connectivity index (χ2n) is 8.89. The molecule has 0 amide bonds. The van der Waals surface area contributed by atoms with Crippen LogP contribution in [0.2, 0.25) is 0 Å². The van der Waals surface area contributed by atoms with E-state index in [4.69, 9.17) is 14.8 Å². The third kappa shape index (κ3) is 4.29. The summed E-state index contributed by atoms with van der Waals surface area (Å²) in [4.78, 5) is 3.00. The molecule has 0 aliphatic heterocycles. The molecule has 3 aliphatic carbocycles. The molecular weight excluding hydrogens is 425 g/mol. The lowest BCUT2D eigenvalue weighted by molar-refractivity contribution is -0.274. The first-order chi connectivity index (χ1) is 15.4. The first-order valence-corrected chi connectivity index (χ1v) is 10.9. The zero-order valence-corrected chi connectivity index (χ0v) is 17.3. The van der Waals surface area contributed by atoms with Crippen molar-refractivity contribution in [3.63, 3.8) is 0 Å². The summed E-state index contributed by atoms with van der Waals surface area (Å²) < 4.78 is 54.8. The van der Waals surface area contributed by atoms with E-state index in [9.17, 15) is 13.2 Å². The summed E-state index contributed by atoms with van der Waals surface area (Å²) in [5.74, 6) is 1.24. The average molecular weight is 448 g/mol. The molecule has 2 unspecified atom stereocenters. The number of nitrogens with zero attached hydrogens (tertiary/aromatic N) is 4. The fraction of sp³-hybridized carbons (Fsp3) is 0.591. The van der Waals surface area contributed by atoms with E-state index in [2.05, 4.69) is 19.9 Å². The van der Waals surface area contributed by atoms with Gasteiger partial charge in [0.2, 0.25) is 0 Å². The van der Waals surface area contributed by atoms with Gasteiger partial charge < -0.3 is 14.0 Å². The van der Waals surface area contributed by atoms with Crippen molar-refractivity contribution in [1.29, 1.82) is 0 Å². The number of hydrogen-bond donors (Lipinski definition) is 0. The number of azide groups is 1. The number of ether oxygens (including phenoxy) is 2. The summed E-state index contributed by atoms with van der Waals surface area (Å²) in [6.07, 6.45) is 0.812. The van der Waals surface area contributed by atoms with Crippen LogP contribution in [0.3, 0.4) is 0 Å². The van der Waals surface area contributed by atoms with Crippen LogP contribution in [0, 0.1) is 11.8 Å². The van der Waals surface area contributed by atoms with E-state index in [1.165, 1.54) is 12.1 Å². The van der Waals surface area contributed by atoms with Crippen LogP contribution in [0.25, 0.3) is 21.7 Å². The molecule has 3 fully saturated rings. The quantitative estimate of drug-likeness (QED) is 0.274. The summed E-state index contributed by atoms with van der Waals surface area (Å²) >= 11 is 0. The minimum absolute atomic E-state index is 0.00844. The smallest absolute Gasteiger partial charge is 0.405 e. The van der Waals surface area contributed by atoms with E-state index >= 15 is 0 Å². The number of rotatable bonds is 7. The topological polar surface area (TPSA) is 93.3 Å². The Hall–Kier alpha value is -2.71. The lowest BCUT2D eigenvalue weighted by Gasteiger charge is -2.32. The molecule has 7 nitrogen and oxygen atoms in total. The van der Waals surface area contributed by atoms with Crippen LogP contribution in [-0.4, -0.2) is 23.7 Å². The largest absolute Gasteiger partial charge is 0.573 e. The van der Waals surface area contributed by atoms with Crippen molar-refractivity contribution in [3.05, 3.63) is 46.0 Å². The van der Waals surface area contributed by atoms with E-state index in [-0.39, 0.29) is 36.0 Å². The molecule has 0 saturated heterocycles. The lowest BCUT2D eigenvalue weighted by Crippen LogP contribution is -2.33. The van der Waals surface area contributed by atoms with E-state index in [0.717, 1.165) is 38.5 Å². The summed E-state index contributed by atoms with van der Waals surface area (Å²) in [5.41, 5.74) is 10.1. The first-order valence-electron chi connectivity index (χ1n) is 10.9. The average Bonchev–Trinajstić information content (AvgIpc) is 3.46. The van der Waals surface area contributed by atoms with E-state index in [1.807, 2.05) is 0 Å². The van der Waals surface area contributed by atoms with E-state index < -0.39 is 6.36 Å². The van der Waals surface area contributed by atoms with Crippen molar-refractivity contribution >= 4 is 0 Å². The van der Waals surface area contributed by atoms with Gasteiger partial charge in [0.1, 0.15) is 17.2 Å². The fourth-order valence-electron chi connectivity index (χ4n) is 5.24. The fourth-order valence-corrected chi connectivity index (χ4v) is 5.24. The van der Waals surface area contributed by atoms with Gasteiger partial charge in [-0.2, -0.15) is 0 Å². The highest BCUT2D eigenvalue weighted by Gasteiger charge is 2.43. The number of hydrogen-bond acceptors (Lipinski definition) is 5. The van der Waals surface area contributed by atoms with Gasteiger partial charge in [-0.1, -0.05) is 22.4 Å². The van der Waals surface area contributed by atoms with Gasteiger partial charge in [0.25, 0.3) is 0 Å². The Morgan fingerprint density at radius 2 is 1.84 bits per heavy atom. The molecule has 0 radical (unpaired) electrons. The van der Waals surface area contributed by atoms with Gasteiger partial charge in [-0.3, -0.25) is 0 Å². The number of alkyl halides is 3. The maximum Gasteiger partial charge on any atom is 0.573 e. The molecule has 2 bridgehead atoms. The predicted octanol–water partition coefficient (Wildman–Crippen LogP) is 6.50. The highest BCUT2D eigenvalue weighted by Crippen LogP contribution is 2.47. The van der Waals surface area contributed by atoms with Gasteiger partial charge in [-0.05, 0) is 68.0 Å². The van der Waals surface area contributed by atoms with Gasteiger partial charge in [-0.15, -0.1) is 13.2 Å². The molecule has 1 aromatic heterocycles. The Labute approximate surface area is 182 Å². The predicted molar refractivity (Wildman–Crippen MR) is 108 cm³/mol. The summed E-state index contributed by atoms with van der Waals surface area (Å²) in [6.45, 7) is 0.210. The van der Waals surface area contributed by atoms with Crippen molar-refractivity contribution in [2.75, 3.05) is 0 Å². The Kier molecular flexibility index (Phi) is 5.51. The normalized spacial score (nSPS) is 27.2. The number of halogens is 3. The number of para-hydroxylation sites is 1. The highest BCUT2D eigenvalue weighted by molar-refractivity contribution is 5.70. The van der Waals surface area contributed by atoms with Crippen LogP contribution in [-0.2, 0) is 11.3 Å². The monoisotopic (exact) mass is 448 g/mol. The van der Waals surface area contributed by atoms with Crippen LogP contribution in [0.4, 0.5) is 13.2 Å². The number of benzene rings is 1. The van der Waals surface area contributed by atoms with Gasteiger partial charge in [-0.25, -0.2) is 0 Å². The molecule has 170 valence electrons. The Morgan fingerprint density at radius 3 is 2.50 bits per heavy atom. The highest BCUT2D eigenvalue weighted by atomic mass is 19.4. The zero-order valence-electron chi connectivity index (χ0n) is 17.3. The summed E-state index contributed by atoms with van der Waals surface area (Å²) in [7, 11) is 0. The summed E-state index contributed by atoms with van der Waals surface area (Å²) in [5, 5.41) is 8.11. The second kappa shape index (κ2) is 8.33. The minimum atomic E-state index is -4.81. The van der Waals surface area contributed by atoms with Crippen LogP contribution < -0.4 is 4.74 Å². The van der Waals surface area contributed by atoms with Crippen LogP contribution >= 0.6 is 0 Å². The molecular formula is C22H23F3N4O3. The Balaban J connectivity index is 1.38. The molecule has 0 N–H and O–H groups in total. The van der Waals surface area contributed by atoms with Gasteiger partial charge >= 0.3 is 6.36 Å². The minimum Gasteiger partial charge on any atom is -0.405 e. The van der Waals surface area contributed by atoms with Crippen LogP contribution in [0.5, 0.6) is 5.75 Å². The SMILES string of the molecule is [N-]=[N+]=NC1[C@@H]2CC[C@H]1CC(OCc1c(-c3ccccc3OC(F)(F)F)noc1C1CC1)C2. The van der Waals surface area contributed by atoms with Crippen molar-refractivity contribution in [2.45, 2.75) is 69.6 Å². The molecule has 1 aromatic carbocycles. The molecule has 0 spiro atoms. The molecule has 10 heteroatoms. The van der Waals surface area contributed by atoms with Crippen LogP contribution in [0.15, 0.2) is 33.9 Å². The van der Waals surface area contributed by atoms with Gasteiger partial charge in [0.05, 0.1) is 12.7 Å². The maximum absolute atomic E-state index is 12.9. The van der Waals surface area contributed by atoms with Crippen molar-refractivity contribution in [3.8, 4) is 17.0 Å². The van der Waals surface area contributed by atoms with Crippen LogP contribution in [0.1, 0.15) is 55.8 Å². The Morgan fingerprint density at radius 1 is 1.12 bits per heavy atom. The molecule has 32 heavy (non-hydrogen) atoms. The molecule has 1 heterocycles. The van der Waals surface area contributed by atoms with Crippen molar-refractivity contribution in [2.24, 2.45) is 17.0 Å². The first kappa shape index (κ1) is 21.2. The third-order valence-electron chi connectivity index (χ3n) is 6.79. The molecule has 4 atom stereocenters. The lowest BCUT2D eigenvalue weighted by atomic mass is 9.83. The van der Waals surface area contributed by atoms with Gasteiger partial charge in [0.15, 0.2) is 0 Å². The van der Waals surface area contributed by atoms with E-state index in [0.29, 0.717) is 28.9 Å². The van der Waals surface area contributed by atoms with Crippen molar-refractivity contribution in [1.82, 2.24) is 5.16 Å². The number of fused-ring (bicyclic) bond motifs is 2. The standard InChI is InChI=1S/C22H23F3N4O3/c23-22(24,25)31-18-4-2-1-3-16(18)20-17(21(32-28-20)12-5-6-12)11-30-15-9-13-7-8-14(10-15)19(13)27-29-26/h1-4,12-15,19H,5-11H2/t13-,14+,15?,19?. The Bertz CT molecular complexity index is 1020. The zero-order chi connectivity index (χ0) is 22.3. The van der Waals surface area contributed by atoms with E-state index in [1.54, 1.807) is 12.1 Å². The summed E-state index contributed by atoms with van der Waals surface area (Å²) in [6, 6.07) is 5.99. The van der Waals surface area contributed by atoms with Gasteiger partial charge in [0, 0.05) is 28.0 Å². The molecule has 3 saturated carbocycles. The molecule has 2 aromatic rings. The third-order valence-corrected chi connectivity index (χ3v) is 6.79. The maximum atomic E-state index is 12.9.